The molecule has 0 spiro atoms. The van der Waals surface area contributed by atoms with Crippen molar-refractivity contribution in [1.82, 2.24) is 4.90 Å². The van der Waals surface area contributed by atoms with Gasteiger partial charge in [0.2, 0.25) is 0 Å². The van der Waals surface area contributed by atoms with Gasteiger partial charge in [-0.25, -0.2) is 0 Å². The van der Waals surface area contributed by atoms with Crippen molar-refractivity contribution in [2.45, 2.75) is 12.8 Å². The van der Waals surface area contributed by atoms with Gasteiger partial charge in [-0.15, -0.1) is 0 Å². The van der Waals surface area contributed by atoms with E-state index in [0.717, 1.165) is 32.5 Å². The Morgan fingerprint density at radius 2 is 1.36 bits per heavy atom. The number of ether oxygens (including phenoxy) is 1. The monoisotopic (exact) mass is 453 g/mol. The average molecular weight is 454 g/mol. The van der Waals surface area contributed by atoms with Gasteiger partial charge in [0, 0.05) is 26.8 Å². The number of halogens is 3. The van der Waals surface area contributed by atoms with Gasteiger partial charge >= 0.3 is 257 Å². The molecule has 22 heavy (non-hydrogen) atoms. The van der Waals surface area contributed by atoms with Gasteiger partial charge in [0.15, 0.2) is 0 Å². The topological polar surface area (TPSA) is 67.8 Å². The van der Waals surface area contributed by atoms with Gasteiger partial charge in [-0.2, -0.15) is 0 Å². The van der Waals surface area contributed by atoms with Crippen LogP contribution >= 0.6 is 0 Å². The molecule has 0 amide bonds. The number of methoxy groups -OCH3 is 1. The molecule has 0 unspecified atom stereocenters. The summed E-state index contributed by atoms with van der Waals surface area (Å²) in [5, 5.41) is 20.2. The van der Waals surface area contributed by atoms with Crippen LogP contribution in [0.2, 0.25) is 0 Å². The Hall–Kier alpha value is 7.84. The minimum absolute atomic E-state index is 0. The molecule has 0 atom stereocenters. The van der Waals surface area contributed by atoms with Gasteiger partial charge < -0.3 is 33.6 Å². The Bertz CT molecular complexity index is 179. The van der Waals surface area contributed by atoms with Crippen molar-refractivity contribution in [3.8, 4) is 0 Å². The second-order valence-corrected chi connectivity index (χ2v) is 3.60. The van der Waals surface area contributed by atoms with Gasteiger partial charge in [-0.3, -0.25) is 4.90 Å². The van der Waals surface area contributed by atoms with E-state index in [1.807, 2.05) is 4.90 Å². The normalized spacial score (nSPS) is 12.7. The Balaban J connectivity index is -0.0000000408. The molecular weight excluding hydrogens is 437 g/mol. The summed E-state index contributed by atoms with van der Waals surface area (Å²) >= 11 is 0. The van der Waals surface area contributed by atoms with Crippen molar-refractivity contribution in [3.63, 3.8) is 0 Å². The number of hydrogen-bond acceptors (Lipinski definition) is 5. The minimum Gasteiger partial charge on any atom is -1.00 e. The van der Waals surface area contributed by atoms with Crippen LogP contribution in [0.4, 0.5) is 0 Å². The first-order valence-electron chi connectivity index (χ1n) is 4.87. The number of rotatable bonds is 5. The van der Waals surface area contributed by atoms with Crippen molar-refractivity contribution < 1.29 is 290 Å². The van der Waals surface area contributed by atoms with Crippen LogP contribution in [0.1, 0.15) is 12.8 Å². The third-order valence-corrected chi connectivity index (χ3v) is 2.50. The predicted octanol–water partition coefficient (Wildman–Crippen LogP) is -25.9. The van der Waals surface area contributed by atoms with Crippen LogP contribution in [0, 0.1) is 5.92 Å². The molecule has 1 rings (SSSR count). The van der Waals surface area contributed by atoms with Gasteiger partial charge in [0.05, 0.1) is 14.1 Å². The van der Waals surface area contributed by atoms with E-state index in [1.165, 1.54) is 0 Å². The van der Waals surface area contributed by atoms with Crippen LogP contribution in [0.5, 0.6) is 0 Å². The van der Waals surface area contributed by atoms with Crippen LogP contribution in [0.15, 0.2) is 0 Å². The first kappa shape index (κ1) is 52.0. The molecular formula is C8H16BF3K5NO4. The first-order valence-corrected chi connectivity index (χ1v) is 4.87. The molecule has 0 N–H and O–H groups in total. The molecule has 106 valence electrons. The quantitative estimate of drug-likeness (QED) is 0.387. The van der Waals surface area contributed by atoms with Crippen LogP contribution < -0.4 is 281 Å². The van der Waals surface area contributed by atoms with Gasteiger partial charge in [-0.1, -0.05) is 0 Å². The SMILES string of the molecule is COCC1CCN(COB([O-])[O-])CC1.[F-].[F-].[F-].[K+].[K+].[K+].[K+].[K+]. The third-order valence-electron chi connectivity index (χ3n) is 2.50. The maximum Gasteiger partial charge on any atom is 1.00 e. The molecule has 1 fully saturated rings. The first-order chi connectivity index (χ1) is 6.72. The van der Waals surface area contributed by atoms with Gasteiger partial charge in [0.1, 0.15) is 0 Å². The summed E-state index contributed by atoms with van der Waals surface area (Å²) in [6.07, 6.45) is 2.08. The molecule has 0 bridgehead atoms. The van der Waals surface area contributed by atoms with E-state index in [0.29, 0.717) is 5.92 Å². The molecule has 14 heteroatoms. The van der Waals surface area contributed by atoms with Crippen LogP contribution in [0.25, 0.3) is 0 Å². The summed E-state index contributed by atoms with van der Waals surface area (Å²) in [6, 6.07) is 0. The fourth-order valence-corrected chi connectivity index (χ4v) is 1.68. The summed E-state index contributed by atoms with van der Waals surface area (Å²) in [7, 11) is -0.457. The Morgan fingerprint density at radius 1 is 0.955 bits per heavy atom. The fourth-order valence-electron chi connectivity index (χ4n) is 1.68. The maximum absolute atomic E-state index is 10.1. The number of piperidine rings is 1. The van der Waals surface area contributed by atoms with E-state index in [2.05, 4.69) is 4.65 Å². The fraction of sp³-hybridized carbons (Fsp3) is 1.00. The standard InChI is InChI=1S/C8H16BNO4.3FH.5K/c1-13-6-8-2-4-10(5-3-8)7-14-9(11)12;;;;;;;;/h8H,2-7H2,1H3;3*1H;;;;;/q-2;;;;5*+1/p-3. The zero-order chi connectivity index (χ0) is 10.4. The zero-order valence-electron chi connectivity index (χ0n) is 14.6. The van der Waals surface area contributed by atoms with Crippen molar-refractivity contribution in [1.29, 1.82) is 0 Å². The molecule has 0 saturated carbocycles. The number of nitrogens with zero attached hydrogens (tertiary/aromatic N) is 1. The van der Waals surface area contributed by atoms with Gasteiger partial charge in [-0.05, 0) is 18.8 Å². The number of likely N-dealkylation sites (tertiary alicyclic amines) is 1. The Labute approximate surface area is 344 Å². The second kappa shape index (κ2) is 36.2. The molecule has 0 aliphatic carbocycles. The van der Waals surface area contributed by atoms with E-state index >= 15 is 0 Å². The van der Waals surface area contributed by atoms with Crippen molar-refractivity contribution in [2.75, 3.05) is 33.5 Å². The van der Waals surface area contributed by atoms with Crippen LogP contribution in [0.3, 0.4) is 0 Å². The summed E-state index contributed by atoms with van der Waals surface area (Å²) in [6.45, 7) is 2.71. The summed E-state index contributed by atoms with van der Waals surface area (Å²) in [5.41, 5.74) is 0. The molecule has 1 aliphatic rings. The third kappa shape index (κ3) is 30.0. The molecule has 5 nitrogen and oxygen atoms in total. The molecule has 0 aromatic rings. The van der Waals surface area contributed by atoms with E-state index in [1.54, 1.807) is 7.11 Å². The Kier molecular flexibility index (Phi) is 85.7. The zero-order valence-corrected chi connectivity index (χ0v) is 30.2. The van der Waals surface area contributed by atoms with Gasteiger partial charge in [0.25, 0.3) is 0 Å². The van der Waals surface area contributed by atoms with E-state index in [4.69, 9.17) is 4.74 Å². The van der Waals surface area contributed by atoms with E-state index in [9.17, 15) is 10.0 Å². The Morgan fingerprint density at radius 3 is 1.68 bits per heavy atom. The number of hydrogen-bond donors (Lipinski definition) is 0. The molecule has 0 aromatic heterocycles. The minimum atomic E-state index is -2.16. The smallest absolute Gasteiger partial charge is 1.00 e. The molecule has 1 saturated heterocycles. The molecule has 0 radical (unpaired) electrons. The van der Waals surface area contributed by atoms with Crippen molar-refractivity contribution in [2.24, 2.45) is 5.92 Å². The predicted molar refractivity (Wildman–Crippen MR) is 47.9 cm³/mol. The average Bonchev–Trinajstić information content (AvgIpc) is 2.17. The second-order valence-electron chi connectivity index (χ2n) is 3.60. The molecule has 1 aliphatic heterocycles. The summed E-state index contributed by atoms with van der Waals surface area (Å²) < 4.78 is 9.53. The van der Waals surface area contributed by atoms with Crippen molar-refractivity contribution in [3.05, 3.63) is 0 Å². The summed E-state index contributed by atoms with van der Waals surface area (Å²) in [5.74, 6) is 0.603. The molecule has 1 heterocycles. The molecule has 0 aromatic carbocycles. The van der Waals surface area contributed by atoms with Crippen LogP contribution in [-0.4, -0.2) is 45.8 Å². The largest absolute Gasteiger partial charge is 1.00 e. The van der Waals surface area contributed by atoms with Crippen LogP contribution in [-0.2, 0) is 9.39 Å². The maximum atomic E-state index is 10.1. The van der Waals surface area contributed by atoms with Crippen molar-refractivity contribution >= 4 is 7.32 Å². The van der Waals surface area contributed by atoms with E-state index < -0.39 is 7.32 Å². The van der Waals surface area contributed by atoms with E-state index in [-0.39, 0.29) is 278 Å². The summed E-state index contributed by atoms with van der Waals surface area (Å²) in [4.78, 5) is 1.98.